The van der Waals surface area contributed by atoms with E-state index in [2.05, 4.69) is 20.2 Å². The fourth-order valence-electron chi connectivity index (χ4n) is 4.26. The van der Waals surface area contributed by atoms with Gasteiger partial charge in [-0.15, -0.1) is 0 Å². The second-order valence-corrected chi connectivity index (χ2v) is 8.71. The third kappa shape index (κ3) is 4.90. The minimum Gasteiger partial charge on any atom is -0.491 e. The Morgan fingerprint density at radius 1 is 1.12 bits per heavy atom. The minimum absolute atomic E-state index is 0.0875. The first-order valence-electron chi connectivity index (χ1n) is 11.7. The van der Waals surface area contributed by atoms with Gasteiger partial charge >= 0.3 is 5.76 Å². The zero-order chi connectivity index (χ0) is 23.5. The van der Waals surface area contributed by atoms with E-state index in [1.165, 1.54) is 6.33 Å². The van der Waals surface area contributed by atoms with Crippen molar-refractivity contribution in [3.8, 4) is 5.75 Å². The van der Waals surface area contributed by atoms with E-state index in [0.717, 1.165) is 61.6 Å². The summed E-state index contributed by atoms with van der Waals surface area (Å²) < 4.78 is 18.4. The molecule has 0 spiro atoms. The molecule has 2 aromatic heterocycles. The van der Waals surface area contributed by atoms with Crippen LogP contribution >= 0.6 is 0 Å². The number of aromatic nitrogens is 3. The molecule has 0 unspecified atom stereocenters. The van der Waals surface area contributed by atoms with Crippen molar-refractivity contribution < 1.29 is 13.9 Å². The monoisotopic (exact) mass is 463 g/mol. The van der Waals surface area contributed by atoms with Gasteiger partial charge in [0, 0.05) is 49.4 Å². The van der Waals surface area contributed by atoms with Crippen molar-refractivity contribution in [2.24, 2.45) is 0 Å². The molecule has 0 amide bonds. The second-order valence-electron chi connectivity index (χ2n) is 8.71. The Morgan fingerprint density at radius 3 is 2.79 bits per heavy atom. The average molecular weight is 464 g/mol. The van der Waals surface area contributed by atoms with Crippen molar-refractivity contribution in [2.45, 2.75) is 32.9 Å². The quantitative estimate of drug-likeness (QED) is 0.422. The topological polar surface area (TPSA) is 94.7 Å². The standard InChI is InChI=1S/C25H29N5O4/c1-17(2)33-19-6-3-5-18(13-19)28-24-20-14-22-23(15-21(20)26-16-27-24)34-25(31)30(22)8-4-7-29-9-11-32-12-10-29/h3,5-6,13-17H,4,7-12H2,1-2H3,(H,26,27,28). The van der Waals surface area contributed by atoms with E-state index in [9.17, 15) is 4.79 Å². The molecule has 0 saturated carbocycles. The lowest BCUT2D eigenvalue weighted by molar-refractivity contribution is 0.0369. The van der Waals surface area contributed by atoms with Crippen LogP contribution in [-0.4, -0.2) is 58.4 Å². The van der Waals surface area contributed by atoms with Gasteiger partial charge in [-0.25, -0.2) is 14.8 Å². The highest BCUT2D eigenvalue weighted by atomic mass is 16.5. The molecular weight excluding hydrogens is 434 g/mol. The summed E-state index contributed by atoms with van der Waals surface area (Å²) >= 11 is 0. The van der Waals surface area contributed by atoms with Gasteiger partial charge in [0.05, 0.1) is 30.4 Å². The summed E-state index contributed by atoms with van der Waals surface area (Å²) in [6.45, 7) is 8.89. The average Bonchev–Trinajstić information content (AvgIpc) is 3.12. The van der Waals surface area contributed by atoms with Crippen LogP contribution in [0.4, 0.5) is 11.5 Å². The Balaban J connectivity index is 1.42. The third-order valence-electron chi connectivity index (χ3n) is 5.85. The lowest BCUT2D eigenvalue weighted by atomic mass is 10.2. The highest BCUT2D eigenvalue weighted by molar-refractivity contribution is 5.98. The number of nitrogens with zero attached hydrogens (tertiary/aromatic N) is 4. The van der Waals surface area contributed by atoms with Gasteiger partial charge in [0.15, 0.2) is 5.58 Å². The van der Waals surface area contributed by atoms with E-state index in [1.54, 1.807) is 10.6 Å². The SMILES string of the molecule is CC(C)Oc1cccc(Nc2ncnc3cc4oc(=O)n(CCCN5CCOCC5)c4cc23)c1. The maximum atomic E-state index is 12.6. The molecule has 34 heavy (non-hydrogen) atoms. The normalized spacial score (nSPS) is 14.8. The molecule has 4 aromatic rings. The molecule has 1 saturated heterocycles. The van der Waals surface area contributed by atoms with Gasteiger partial charge in [-0.3, -0.25) is 9.47 Å². The maximum Gasteiger partial charge on any atom is 0.419 e. The molecule has 9 heteroatoms. The van der Waals surface area contributed by atoms with Gasteiger partial charge in [-0.05, 0) is 38.5 Å². The predicted molar refractivity (Wildman–Crippen MR) is 131 cm³/mol. The lowest BCUT2D eigenvalue weighted by Crippen LogP contribution is -2.37. The molecule has 1 aliphatic rings. The Labute approximate surface area is 197 Å². The van der Waals surface area contributed by atoms with Crippen LogP contribution in [0.3, 0.4) is 0 Å². The van der Waals surface area contributed by atoms with E-state index in [1.807, 2.05) is 44.2 Å². The smallest absolute Gasteiger partial charge is 0.419 e. The predicted octanol–water partition coefficient (Wildman–Crippen LogP) is 3.79. The molecule has 1 N–H and O–H groups in total. The number of anilines is 2. The van der Waals surface area contributed by atoms with Crippen LogP contribution in [0.1, 0.15) is 20.3 Å². The first-order valence-corrected chi connectivity index (χ1v) is 11.7. The van der Waals surface area contributed by atoms with Crippen LogP contribution in [-0.2, 0) is 11.3 Å². The molecule has 3 heterocycles. The van der Waals surface area contributed by atoms with E-state index in [0.29, 0.717) is 23.5 Å². The fraction of sp³-hybridized carbons (Fsp3) is 0.400. The maximum absolute atomic E-state index is 12.6. The zero-order valence-corrected chi connectivity index (χ0v) is 19.5. The zero-order valence-electron chi connectivity index (χ0n) is 19.5. The van der Waals surface area contributed by atoms with Gasteiger partial charge in [0.1, 0.15) is 17.9 Å². The Kier molecular flexibility index (Phi) is 6.46. The molecule has 0 aliphatic carbocycles. The highest BCUT2D eigenvalue weighted by Crippen LogP contribution is 2.28. The van der Waals surface area contributed by atoms with Gasteiger partial charge in [0.25, 0.3) is 0 Å². The molecule has 178 valence electrons. The molecule has 9 nitrogen and oxygen atoms in total. The number of morpholine rings is 1. The molecule has 0 atom stereocenters. The van der Waals surface area contributed by atoms with E-state index >= 15 is 0 Å². The number of benzene rings is 2. The highest BCUT2D eigenvalue weighted by Gasteiger charge is 2.15. The number of aryl methyl sites for hydroxylation is 1. The first-order chi connectivity index (χ1) is 16.6. The largest absolute Gasteiger partial charge is 0.491 e. The van der Waals surface area contributed by atoms with Crippen LogP contribution in [0, 0.1) is 0 Å². The number of rotatable bonds is 8. The van der Waals surface area contributed by atoms with Crippen molar-refractivity contribution in [3.63, 3.8) is 0 Å². The van der Waals surface area contributed by atoms with Crippen molar-refractivity contribution in [1.29, 1.82) is 0 Å². The van der Waals surface area contributed by atoms with Gasteiger partial charge in [-0.2, -0.15) is 0 Å². The number of hydrogen-bond acceptors (Lipinski definition) is 8. The molecule has 1 fully saturated rings. The van der Waals surface area contributed by atoms with Crippen LogP contribution in [0.25, 0.3) is 22.0 Å². The molecule has 0 bridgehead atoms. The second kappa shape index (κ2) is 9.82. The molecular formula is C25H29N5O4. The number of nitrogens with one attached hydrogen (secondary N) is 1. The van der Waals surface area contributed by atoms with Crippen molar-refractivity contribution in [3.05, 3.63) is 53.3 Å². The van der Waals surface area contributed by atoms with E-state index in [4.69, 9.17) is 13.9 Å². The summed E-state index contributed by atoms with van der Waals surface area (Å²) in [4.78, 5) is 23.8. The Morgan fingerprint density at radius 2 is 1.97 bits per heavy atom. The molecule has 5 rings (SSSR count). The summed E-state index contributed by atoms with van der Waals surface area (Å²) in [7, 11) is 0. The van der Waals surface area contributed by atoms with Crippen molar-refractivity contribution >= 4 is 33.5 Å². The number of fused-ring (bicyclic) bond motifs is 2. The van der Waals surface area contributed by atoms with Crippen LogP contribution in [0.5, 0.6) is 5.75 Å². The fourth-order valence-corrected chi connectivity index (χ4v) is 4.26. The van der Waals surface area contributed by atoms with Crippen molar-refractivity contribution in [2.75, 3.05) is 38.2 Å². The van der Waals surface area contributed by atoms with Gasteiger partial charge in [0.2, 0.25) is 0 Å². The van der Waals surface area contributed by atoms with Crippen molar-refractivity contribution in [1.82, 2.24) is 19.4 Å². The lowest BCUT2D eigenvalue weighted by Gasteiger charge is -2.26. The van der Waals surface area contributed by atoms with E-state index < -0.39 is 0 Å². The summed E-state index contributed by atoms with van der Waals surface area (Å²) in [5.41, 5.74) is 2.83. The van der Waals surface area contributed by atoms with Gasteiger partial charge < -0.3 is 19.2 Å². The minimum atomic E-state index is -0.353. The number of ether oxygens (including phenoxy) is 2. The molecule has 2 aromatic carbocycles. The Bertz CT molecular complexity index is 1340. The summed E-state index contributed by atoms with van der Waals surface area (Å²) in [5.74, 6) is 1.08. The number of hydrogen-bond donors (Lipinski definition) is 1. The molecule has 0 radical (unpaired) electrons. The summed E-state index contributed by atoms with van der Waals surface area (Å²) in [5, 5.41) is 4.18. The summed E-state index contributed by atoms with van der Waals surface area (Å²) in [6.07, 6.45) is 2.44. The third-order valence-corrected chi connectivity index (χ3v) is 5.85. The Hall–Kier alpha value is -3.43. The molecule has 1 aliphatic heterocycles. The van der Waals surface area contributed by atoms with Gasteiger partial charge in [-0.1, -0.05) is 6.07 Å². The van der Waals surface area contributed by atoms with Crippen LogP contribution < -0.4 is 15.8 Å². The van der Waals surface area contributed by atoms with Crippen LogP contribution in [0.2, 0.25) is 0 Å². The van der Waals surface area contributed by atoms with E-state index in [-0.39, 0.29) is 11.9 Å². The first kappa shape index (κ1) is 22.4. The summed E-state index contributed by atoms with van der Waals surface area (Å²) in [6, 6.07) is 11.5. The van der Waals surface area contributed by atoms with Crippen LogP contribution in [0.15, 0.2) is 51.9 Å². The number of oxazole rings is 1.